The average Bonchev–Trinajstić information content (AvgIpc) is 3.18. The molecular weight excluding hydrogens is 264 g/mol. The lowest BCUT2D eigenvalue weighted by Crippen LogP contribution is -2.01. The van der Waals surface area contributed by atoms with Gasteiger partial charge in [-0.25, -0.2) is 19.9 Å². The van der Waals surface area contributed by atoms with Crippen molar-refractivity contribution < 1.29 is 0 Å². The van der Waals surface area contributed by atoms with Crippen molar-refractivity contribution in [1.82, 2.24) is 29.1 Å². The highest BCUT2D eigenvalue weighted by Gasteiger charge is 2.11. The van der Waals surface area contributed by atoms with E-state index in [9.17, 15) is 0 Å². The maximum atomic E-state index is 4.46. The Hall–Kier alpha value is -3.02. The molecule has 0 aliphatic rings. The second-order valence-corrected chi connectivity index (χ2v) is 4.70. The van der Waals surface area contributed by atoms with E-state index >= 15 is 0 Å². The maximum Gasteiger partial charge on any atom is 0.169 e. The Balaban J connectivity index is 1.81. The maximum absolute atomic E-state index is 4.46. The second kappa shape index (κ2) is 4.82. The Morgan fingerprint density at radius 1 is 0.952 bits per heavy atom. The van der Waals surface area contributed by atoms with Gasteiger partial charge in [0, 0.05) is 12.4 Å². The molecule has 6 heteroatoms. The van der Waals surface area contributed by atoms with Gasteiger partial charge in [-0.3, -0.25) is 4.57 Å². The van der Waals surface area contributed by atoms with E-state index in [1.807, 2.05) is 33.5 Å². The quantitative estimate of drug-likeness (QED) is 0.574. The van der Waals surface area contributed by atoms with Crippen LogP contribution in [0.3, 0.4) is 0 Å². The number of fused-ring (bicyclic) bond motifs is 1. The van der Waals surface area contributed by atoms with Gasteiger partial charge < -0.3 is 4.57 Å². The molecule has 3 heterocycles. The molecule has 0 spiro atoms. The molecule has 3 aromatic heterocycles. The highest BCUT2D eigenvalue weighted by molar-refractivity contribution is 5.78. The molecule has 0 saturated carbocycles. The number of hydrogen-bond acceptors (Lipinski definition) is 4. The normalized spacial score (nSPS) is 11.0. The minimum atomic E-state index is 0.734. The molecule has 0 unspecified atom stereocenters. The van der Waals surface area contributed by atoms with Crippen molar-refractivity contribution in [2.45, 2.75) is 6.54 Å². The van der Waals surface area contributed by atoms with Crippen molar-refractivity contribution in [3.63, 3.8) is 0 Å². The van der Waals surface area contributed by atoms with Crippen molar-refractivity contribution in [2.75, 3.05) is 0 Å². The molecule has 0 fully saturated rings. The summed E-state index contributed by atoms with van der Waals surface area (Å²) >= 11 is 0. The summed E-state index contributed by atoms with van der Waals surface area (Å²) in [5.74, 6) is 0.740. The predicted octanol–water partition coefficient (Wildman–Crippen LogP) is 2.06. The molecule has 1 aromatic carbocycles. The van der Waals surface area contributed by atoms with Crippen LogP contribution in [0.4, 0.5) is 0 Å². The number of nitrogens with zero attached hydrogens (tertiary/aromatic N) is 6. The molecule has 0 aliphatic heterocycles. The summed E-state index contributed by atoms with van der Waals surface area (Å²) in [4.78, 5) is 17.2. The SMILES string of the molecule is c1ccc(Cn2cnc3c(-n4ccnc4)ncnc32)cc1. The van der Waals surface area contributed by atoms with E-state index in [0.717, 1.165) is 23.5 Å². The lowest BCUT2D eigenvalue weighted by molar-refractivity contribution is 0.812. The fourth-order valence-corrected chi connectivity index (χ4v) is 2.34. The van der Waals surface area contributed by atoms with E-state index in [4.69, 9.17) is 0 Å². The van der Waals surface area contributed by atoms with Gasteiger partial charge in [-0.05, 0) is 5.56 Å². The van der Waals surface area contributed by atoms with Crippen LogP contribution in [0.25, 0.3) is 17.0 Å². The Kier molecular flexibility index (Phi) is 2.71. The Morgan fingerprint density at radius 2 is 1.86 bits per heavy atom. The summed E-state index contributed by atoms with van der Waals surface area (Å²) in [5.41, 5.74) is 2.79. The molecule has 4 rings (SSSR count). The van der Waals surface area contributed by atoms with Gasteiger partial charge in [-0.2, -0.15) is 0 Å². The van der Waals surface area contributed by atoms with Gasteiger partial charge in [-0.1, -0.05) is 30.3 Å². The molecule has 102 valence electrons. The second-order valence-electron chi connectivity index (χ2n) is 4.70. The van der Waals surface area contributed by atoms with Gasteiger partial charge in [0.15, 0.2) is 17.0 Å². The van der Waals surface area contributed by atoms with Crippen LogP contribution in [0.15, 0.2) is 61.7 Å². The summed E-state index contributed by atoms with van der Waals surface area (Å²) in [6.07, 6.45) is 8.62. The molecule has 0 atom stereocenters. The summed E-state index contributed by atoms with van der Waals surface area (Å²) in [6.45, 7) is 0.734. The molecule has 0 bridgehead atoms. The first kappa shape index (κ1) is 11.8. The van der Waals surface area contributed by atoms with Gasteiger partial charge in [0.25, 0.3) is 0 Å². The van der Waals surface area contributed by atoms with Crippen molar-refractivity contribution in [1.29, 1.82) is 0 Å². The molecule has 0 amide bonds. The lowest BCUT2D eigenvalue weighted by Gasteiger charge is -2.05. The van der Waals surface area contributed by atoms with Crippen molar-refractivity contribution in [2.24, 2.45) is 0 Å². The fraction of sp³-hybridized carbons (Fsp3) is 0.0667. The van der Waals surface area contributed by atoms with E-state index in [0.29, 0.717) is 0 Å². The van der Waals surface area contributed by atoms with Crippen molar-refractivity contribution in [3.8, 4) is 5.82 Å². The van der Waals surface area contributed by atoms with Crippen LogP contribution in [0, 0.1) is 0 Å². The smallest absolute Gasteiger partial charge is 0.169 e. The van der Waals surface area contributed by atoms with Gasteiger partial charge in [0.1, 0.15) is 12.7 Å². The van der Waals surface area contributed by atoms with Crippen LogP contribution in [0.1, 0.15) is 5.56 Å². The van der Waals surface area contributed by atoms with E-state index in [1.54, 1.807) is 25.2 Å². The first-order valence-electron chi connectivity index (χ1n) is 6.60. The van der Waals surface area contributed by atoms with E-state index in [2.05, 4.69) is 32.1 Å². The number of hydrogen-bond donors (Lipinski definition) is 0. The zero-order valence-electron chi connectivity index (χ0n) is 11.2. The van der Waals surface area contributed by atoms with Crippen LogP contribution < -0.4 is 0 Å². The molecule has 0 saturated heterocycles. The van der Waals surface area contributed by atoms with E-state index in [-0.39, 0.29) is 0 Å². The minimum Gasteiger partial charge on any atom is -0.311 e. The average molecular weight is 276 g/mol. The van der Waals surface area contributed by atoms with Crippen LogP contribution in [-0.4, -0.2) is 29.1 Å². The molecule has 21 heavy (non-hydrogen) atoms. The number of rotatable bonds is 3. The van der Waals surface area contributed by atoms with Gasteiger partial charge in [-0.15, -0.1) is 0 Å². The number of aromatic nitrogens is 6. The molecule has 0 N–H and O–H groups in total. The van der Waals surface area contributed by atoms with Gasteiger partial charge in [0.2, 0.25) is 0 Å². The number of imidazole rings is 2. The van der Waals surface area contributed by atoms with E-state index < -0.39 is 0 Å². The largest absolute Gasteiger partial charge is 0.311 e. The topological polar surface area (TPSA) is 61.4 Å². The summed E-state index contributed by atoms with van der Waals surface area (Å²) in [6, 6.07) is 10.2. The van der Waals surface area contributed by atoms with Gasteiger partial charge >= 0.3 is 0 Å². The molecule has 4 aromatic rings. The monoisotopic (exact) mass is 276 g/mol. The van der Waals surface area contributed by atoms with Crippen LogP contribution in [0.5, 0.6) is 0 Å². The van der Waals surface area contributed by atoms with Crippen LogP contribution in [0.2, 0.25) is 0 Å². The minimum absolute atomic E-state index is 0.734. The zero-order chi connectivity index (χ0) is 14.1. The summed E-state index contributed by atoms with van der Waals surface area (Å²) in [7, 11) is 0. The number of benzene rings is 1. The van der Waals surface area contributed by atoms with Crippen molar-refractivity contribution in [3.05, 3.63) is 67.3 Å². The molecule has 0 aliphatic carbocycles. The standard InChI is InChI=1S/C15H12N6/c1-2-4-12(5-3-1)8-21-11-19-13-14(17-9-18-15(13)21)20-7-6-16-10-20/h1-7,9-11H,8H2. The van der Waals surface area contributed by atoms with Crippen LogP contribution in [-0.2, 0) is 6.54 Å². The predicted molar refractivity (Wildman–Crippen MR) is 78.0 cm³/mol. The van der Waals surface area contributed by atoms with Crippen LogP contribution >= 0.6 is 0 Å². The Morgan fingerprint density at radius 3 is 2.67 bits per heavy atom. The van der Waals surface area contributed by atoms with Gasteiger partial charge in [0.05, 0.1) is 12.9 Å². The summed E-state index contributed by atoms with van der Waals surface area (Å²) < 4.78 is 3.86. The third-order valence-electron chi connectivity index (χ3n) is 3.33. The molecule has 0 radical (unpaired) electrons. The highest BCUT2D eigenvalue weighted by Crippen LogP contribution is 2.17. The Labute approximate surface area is 120 Å². The third-order valence-corrected chi connectivity index (χ3v) is 3.33. The van der Waals surface area contributed by atoms with E-state index in [1.165, 1.54) is 5.56 Å². The zero-order valence-corrected chi connectivity index (χ0v) is 11.2. The first-order valence-corrected chi connectivity index (χ1v) is 6.60. The third kappa shape index (κ3) is 2.06. The molecule has 6 nitrogen and oxygen atoms in total. The summed E-state index contributed by atoms with van der Waals surface area (Å²) in [5, 5.41) is 0. The highest BCUT2D eigenvalue weighted by atomic mass is 15.2. The molecular formula is C15H12N6. The van der Waals surface area contributed by atoms with Crippen molar-refractivity contribution >= 4 is 11.2 Å². The Bertz CT molecular complexity index is 864. The first-order chi connectivity index (χ1) is 10.4. The fourth-order valence-electron chi connectivity index (χ4n) is 2.34. The lowest BCUT2D eigenvalue weighted by atomic mass is 10.2.